The van der Waals surface area contributed by atoms with Crippen LogP contribution in [0.4, 0.5) is 0 Å². The molecule has 0 aromatic heterocycles. The van der Waals surface area contributed by atoms with Crippen LogP contribution >= 0.6 is 0 Å². The van der Waals surface area contributed by atoms with Crippen molar-refractivity contribution in [3.05, 3.63) is 34.9 Å². The van der Waals surface area contributed by atoms with E-state index in [9.17, 15) is 0 Å². The fourth-order valence-electron chi connectivity index (χ4n) is 1.46. The van der Waals surface area contributed by atoms with Gasteiger partial charge in [-0.15, -0.1) is 0 Å². The molecule has 0 saturated carbocycles. The number of benzene rings is 1. The maximum atomic E-state index is 3.82. The van der Waals surface area contributed by atoms with Gasteiger partial charge < -0.3 is 0 Å². The summed E-state index contributed by atoms with van der Waals surface area (Å²) in [6.07, 6.45) is 1.95. The quantitative estimate of drug-likeness (QED) is 0.565. The molecule has 1 heteroatoms. The molecule has 0 spiro atoms. The molecular formula is C11H16Si. The summed E-state index contributed by atoms with van der Waals surface area (Å²) in [5.41, 5.74) is 5.56. The van der Waals surface area contributed by atoms with Gasteiger partial charge in [0.1, 0.15) is 0 Å². The lowest BCUT2D eigenvalue weighted by Crippen LogP contribution is -2.14. The second kappa shape index (κ2) is 3.28. The molecule has 0 bridgehead atoms. The summed E-state index contributed by atoms with van der Waals surface area (Å²) in [5.74, 6) is 0. The van der Waals surface area contributed by atoms with Crippen LogP contribution < -0.4 is 5.19 Å². The number of hydrogen-bond donors (Lipinski definition) is 0. The van der Waals surface area contributed by atoms with Crippen LogP contribution in [0.2, 0.25) is 0 Å². The van der Waals surface area contributed by atoms with Crippen molar-refractivity contribution in [2.24, 2.45) is 0 Å². The Hall–Kier alpha value is -0.823. The van der Waals surface area contributed by atoms with Gasteiger partial charge >= 0.3 is 0 Å². The Balaban J connectivity index is 3.49. The standard InChI is InChI=1S/C11H16Si/c1-5-10-6-7(2)8(3)11(12)9(10)4/h5-6H,1H2,2-4,12H3. The number of hydrogen-bond acceptors (Lipinski definition) is 0. The molecule has 0 radical (unpaired) electrons. The monoisotopic (exact) mass is 176 g/mol. The SMILES string of the molecule is C=Cc1cc(C)c(C)c([SiH3])c1C. The van der Waals surface area contributed by atoms with Gasteiger partial charge in [-0.2, -0.15) is 0 Å². The first-order valence-corrected chi connectivity index (χ1v) is 5.27. The zero-order chi connectivity index (χ0) is 9.30. The van der Waals surface area contributed by atoms with Crippen molar-refractivity contribution >= 4 is 21.5 Å². The molecule has 0 heterocycles. The maximum Gasteiger partial charge on any atom is 0.0392 e. The van der Waals surface area contributed by atoms with Crippen molar-refractivity contribution in [1.29, 1.82) is 0 Å². The zero-order valence-electron chi connectivity index (χ0n) is 8.36. The normalized spacial score (nSPS) is 10.2. The first kappa shape index (κ1) is 9.27. The average Bonchev–Trinajstić information content (AvgIpc) is 2.08. The van der Waals surface area contributed by atoms with Gasteiger partial charge in [0.25, 0.3) is 0 Å². The van der Waals surface area contributed by atoms with Crippen molar-refractivity contribution in [1.82, 2.24) is 0 Å². The highest BCUT2D eigenvalue weighted by Gasteiger charge is 2.03. The second-order valence-electron chi connectivity index (χ2n) is 3.36. The minimum absolute atomic E-state index is 1.13. The van der Waals surface area contributed by atoms with Crippen LogP contribution in [0.25, 0.3) is 6.08 Å². The molecule has 0 N–H and O–H groups in total. The van der Waals surface area contributed by atoms with Crippen LogP contribution in [-0.2, 0) is 0 Å². The van der Waals surface area contributed by atoms with Gasteiger partial charge in [-0.1, -0.05) is 23.9 Å². The van der Waals surface area contributed by atoms with Crippen molar-refractivity contribution < 1.29 is 0 Å². The van der Waals surface area contributed by atoms with Crippen LogP contribution in [0.1, 0.15) is 22.3 Å². The summed E-state index contributed by atoms with van der Waals surface area (Å²) < 4.78 is 0. The third-order valence-corrected chi connectivity index (χ3v) is 4.24. The van der Waals surface area contributed by atoms with E-state index in [1.165, 1.54) is 27.4 Å². The predicted molar refractivity (Wildman–Crippen MR) is 60.3 cm³/mol. The number of aryl methyl sites for hydroxylation is 1. The van der Waals surface area contributed by atoms with Crippen molar-refractivity contribution in [2.75, 3.05) is 0 Å². The molecule has 0 aliphatic carbocycles. The molecule has 1 rings (SSSR count). The van der Waals surface area contributed by atoms with Crippen LogP contribution in [0, 0.1) is 20.8 Å². The maximum absolute atomic E-state index is 3.82. The van der Waals surface area contributed by atoms with Crippen molar-refractivity contribution in [3.8, 4) is 0 Å². The molecular weight excluding hydrogens is 160 g/mol. The van der Waals surface area contributed by atoms with Crippen LogP contribution in [0.15, 0.2) is 12.6 Å². The van der Waals surface area contributed by atoms with Crippen LogP contribution in [-0.4, -0.2) is 10.2 Å². The summed E-state index contributed by atoms with van der Waals surface area (Å²) in [5, 5.41) is 1.53. The Labute approximate surface area is 77.7 Å². The average molecular weight is 176 g/mol. The van der Waals surface area contributed by atoms with E-state index in [4.69, 9.17) is 0 Å². The van der Waals surface area contributed by atoms with E-state index in [1.54, 1.807) is 0 Å². The topological polar surface area (TPSA) is 0 Å². The highest BCUT2D eigenvalue weighted by atomic mass is 28.1. The molecule has 1 aromatic rings. The van der Waals surface area contributed by atoms with E-state index in [-0.39, 0.29) is 0 Å². The molecule has 0 aliphatic heterocycles. The van der Waals surface area contributed by atoms with Gasteiger partial charge in [-0.25, -0.2) is 0 Å². The van der Waals surface area contributed by atoms with Crippen molar-refractivity contribution in [2.45, 2.75) is 20.8 Å². The molecule has 12 heavy (non-hydrogen) atoms. The third kappa shape index (κ3) is 1.37. The minimum Gasteiger partial charge on any atom is -0.0985 e. The van der Waals surface area contributed by atoms with Crippen LogP contribution in [0.3, 0.4) is 0 Å². The Morgan fingerprint density at radius 3 is 2.33 bits per heavy atom. The summed E-state index contributed by atoms with van der Waals surface area (Å²) in [6, 6.07) is 2.22. The fourth-order valence-corrected chi connectivity index (χ4v) is 2.14. The molecule has 0 nitrogen and oxygen atoms in total. The molecule has 0 atom stereocenters. The summed E-state index contributed by atoms with van der Waals surface area (Å²) >= 11 is 0. The first-order valence-electron chi connectivity index (χ1n) is 4.27. The Morgan fingerprint density at radius 1 is 1.25 bits per heavy atom. The van der Waals surface area contributed by atoms with E-state index in [1.807, 2.05) is 6.08 Å². The summed E-state index contributed by atoms with van der Waals surface area (Å²) in [6.45, 7) is 10.4. The molecule has 0 saturated heterocycles. The van der Waals surface area contributed by atoms with Gasteiger partial charge in [0.2, 0.25) is 0 Å². The van der Waals surface area contributed by atoms with Gasteiger partial charge in [-0.05, 0) is 43.0 Å². The van der Waals surface area contributed by atoms with E-state index in [2.05, 4.69) is 33.4 Å². The first-order chi connectivity index (χ1) is 5.57. The van der Waals surface area contributed by atoms with Gasteiger partial charge in [0, 0.05) is 10.2 Å². The molecule has 0 amide bonds. The molecule has 64 valence electrons. The summed E-state index contributed by atoms with van der Waals surface area (Å²) in [4.78, 5) is 0. The molecule has 0 unspecified atom stereocenters. The molecule has 0 aliphatic rings. The fraction of sp³-hybridized carbons (Fsp3) is 0.273. The lowest BCUT2D eigenvalue weighted by Gasteiger charge is -2.11. The van der Waals surface area contributed by atoms with Crippen LogP contribution in [0.5, 0.6) is 0 Å². The predicted octanol–water partition coefficient (Wildman–Crippen LogP) is 1.25. The minimum atomic E-state index is 1.13. The van der Waals surface area contributed by atoms with E-state index in [0.29, 0.717) is 0 Å². The van der Waals surface area contributed by atoms with E-state index >= 15 is 0 Å². The van der Waals surface area contributed by atoms with Gasteiger partial charge in [0.15, 0.2) is 0 Å². The van der Waals surface area contributed by atoms with E-state index in [0.717, 1.165) is 10.2 Å². The molecule has 1 aromatic carbocycles. The number of rotatable bonds is 1. The highest BCUT2D eigenvalue weighted by Crippen LogP contribution is 2.13. The van der Waals surface area contributed by atoms with Gasteiger partial charge in [-0.3, -0.25) is 0 Å². The lowest BCUT2D eigenvalue weighted by atomic mass is 10.0. The zero-order valence-corrected chi connectivity index (χ0v) is 10.4. The smallest absolute Gasteiger partial charge is 0.0392 e. The Bertz CT molecular complexity index is 324. The van der Waals surface area contributed by atoms with Crippen molar-refractivity contribution in [3.63, 3.8) is 0 Å². The third-order valence-electron chi connectivity index (χ3n) is 2.74. The highest BCUT2D eigenvalue weighted by molar-refractivity contribution is 6.34. The molecule has 0 fully saturated rings. The largest absolute Gasteiger partial charge is 0.0985 e. The Kier molecular flexibility index (Phi) is 2.53. The second-order valence-corrected chi connectivity index (χ2v) is 4.36. The Morgan fingerprint density at radius 2 is 1.83 bits per heavy atom. The summed E-state index contributed by atoms with van der Waals surface area (Å²) in [7, 11) is 1.13. The van der Waals surface area contributed by atoms with Gasteiger partial charge in [0.05, 0.1) is 0 Å². The lowest BCUT2D eigenvalue weighted by molar-refractivity contribution is 1.32. The van der Waals surface area contributed by atoms with E-state index < -0.39 is 0 Å².